The van der Waals surface area contributed by atoms with Crippen molar-refractivity contribution in [2.75, 3.05) is 7.11 Å². The minimum atomic E-state index is 0.416. The summed E-state index contributed by atoms with van der Waals surface area (Å²) < 4.78 is 5.07. The Balaban J connectivity index is 1.81. The molecule has 2 aromatic rings. The topological polar surface area (TPSA) is 35.0 Å². The molecule has 0 aliphatic heterocycles. The van der Waals surface area contributed by atoms with Crippen LogP contribution in [0.2, 0.25) is 0 Å². The maximum Gasteiger partial charge on any atom is 0.316 e. The van der Waals surface area contributed by atoms with Crippen molar-refractivity contribution in [3.63, 3.8) is 0 Å². The summed E-state index contributed by atoms with van der Waals surface area (Å²) >= 11 is 0. The molecule has 1 saturated carbocycles. The van der Waals surface area contributed by atoms with E-state index in [4.69, 9.17) is 4.74 Å². The van der Waals surface area contributed by atoms with E-state index in [9.17, 15) is 0 Å². The van der Waals surface area contributed by atoms with Crippen LogP contribution >= 0.6 is 0 Å². The third-order valence-electron chi connectivity index (χ3n) is 4.10. The molecule has 1 aromatic heterocycles. The molecule has 0 atom stereocenters. The number of hydrogen-bond acceptors (Lipinski definition) is 3. The van der Waals surface area contributed by atoms with Gasteiger partial charge in [-0.2, -0.15) is 4.98 Å². The molecule has 20 heavy (non-hydrogen) atoms. The molecule has 0 bridgehead atoms. The van der Waals surface area contributed by atoms with E-state index in [1.54, 1.807) is 13.3 Å². The molecular formula is C17H20N2O. The summed E-state index contributed by atoms with van der Waals surface area (Å²) in [5.41, 5.74) is 3.49. The van der Waals surface area contributed by atoms with Crippen molar-refractivity contribution >= 4 is 0 Å². The lowest BCUT2D eigenvalue weighted by atomic mass is 9.84. The second-order valence-electron chi connectivity index (χ2n) is 5.39. The quantitative estimate of drug-likeness (QED) is 0.836. The van der Waals surface area contributed by atoms with Crippen molar-refractivity contribution in [1.82, 2.24) is 9.97 Å². The summed E-state index contributed by atoms with van der Waals surface area (Å²) in [6.45, 7) is 0. The Labute approximate surface area is 120 Å². The molecule has 0 saturated heterocycles. The van der Waals surface area contributed by atoms with Crippen LogP contribution in [0, 0.1) is 0 Å². The Bertz CT molecular complexity index is 559. The SMILES string of the molecule is COc1nccc(-c2ccc(C3CCCCC3)cc2)n1. The first-order valence-electron chi connectivity index (χ1n) is 7.34. The van der Waals surface area contributed by atoms with Gasteiger partial charge in [-0.15, -0.1) is 0 Å². The predicted molar refractivity (Wildman–Crippen MR) is 79.8 cm³/mol. The molecule has 1 aliphatic rings. The fraction of sp³-hybridized carbons (Fsp3) is 0.412. The highest BCUT2D eigenvalue weighted by atomic mass is 16.5. The Kier molecular flexibility index (Phi) is 3.95. The van der Waals surface area contributed by atoms with Gasteiger partial charge in [0.2, 0.25) is 0 Å². The van der Waals surface area contributed by atoms with Gasteiger partial charge in [0, 0.05) is 11.8 Å². The highest BCUT2D eigenvalue weighted by Crippen LogP contribution is 2.33. The van der Waals surface area contributed by atoms with Crippen molar-refractivity contribution in [3.8, 4) is 17.3 Å². The van der Waals surface area contributed by atoms with Gasteiger partial charge in [0.1, 0.15) is 0 Å². The van der Waals surface area contributed by atoms with Crippen LogP contribution in [0.1, 0.15) is 43.6 Å². The van der Waals surface area contributed by atoms with E-state index < -0.39 is 0 Å². The molecule has 1 fully saturated rings. The maximum absolute atomic E-state index is 5.07. The molecular weight excluding hydrogens is 248 g/mol. The molecule has 0 N–H and O–H groups in total. The molecule has 0 unspecified atom stereocenters. The largest absolute Gasteiger partial charge is 0.467 e. The van der Waals surface area contributed by atoms with Gasteiger partial charge in [0.25, 0.3) is 0 Å². The lowest BCUT2D eigenvalue weighted by molar-refractivity contribution is 0.380. The van der Waals surface area contributed by atoms with E-state index in [1.165, 1.54) is 37.7 Å². The number of rotatable bonds is 3. The second kappa shape index (κ2) is 6.04. The number of methoxy groups -OCH3 is 1. The zero-order valence-electron chi connectivity index (χ0n) is 11.9. The predicted octanol–water partition coefficient (Wildman–Crippen LogP) is 4.20. The lowest BCUT2D eigenvalue weighted by Crippen LogP contribution is -2.04. The first kappa shape index (κ1) is 13.1. The Hall–Kier alpha value is -1.90. The van der Waals surface area contributed by atoms with Crippen LogP contribution in [-0.4, -0.2) is 17.1 Å². The molecule has 0 spiro atoms. The number of benzene rings is 1. The Morgan fingerprint density at radius 3 is 2.45 bits per heavy atom. The highest BCUT2D eigenvalue weighted by Gasteiger charge is 2.15. The van der Waals surface area contributed by atoms with Crippen molar-refractivity contribution in [1.29, 1.82) is 0 Å². The highest BCUT2D eigenvalue weighted by molar-refractivity contribution is 5.59. The minimum Gasteiger partial charge on any atom is -0.467 e. The average molecular weight is 268 g/mol. The van der Waals surface area contributed by atoms with E-state index in [0.717, 1.165) is 17.2 Å². The zero-order chi connectivity index (χ0) is 13.8. The van der Waals surface area contributed by atoms with Crippen LogP contribution in [0.3, 0.4) is 0 Å². The van der Waals surface area contributed by atoms with Crippen LogP contribution in [0.15, 0.2) is 36.5 Å². The van der Waals surface area contributed by atoms with Crippen molar-refractivity contribution in [2.24, 2.45) is 0 Å². The minimum absolute atomic E-state index is 0.416. The van der Waals surface area contributed by atoms with Crippen LogP contribution in [0.4, 0.5) is 0 Å². The number of hydrogen-bond donors (Lipinski definition) is 0. The zero-order valence-corrected chi connectivity index (χ0v) is 11.9. The first-order valence-corrected chi connectivity index (χ1v) is 7.34. The third kappa shape index (κ3) is 2.82. The first-order chi connectivity index (χ1) is 9.86. The fourth-order valence-electron chi connectivity index (χ4n) is 2.96. The van der Waals surface area contributed by atoms with Crippen LogP contribution in [-0.2, 0) is 0 Å². The third-order valence-corrected chi connectivity index (χ3v) is 4.10. The number of ether oxygens (including phenoxy) is 1. The van der Waals surface area contributed by atoms with Gasteiger partial charge in [-0.05, 0) is 30.4 Å². The normalized spacial score (nSPS) is 16.1. The standard InChI is InChI=1S/C17H20N2O/c1-20-17-18-12-11-16(19-17)15-9-7-14(8-10-15)13-5-3-2-4-6-13/h7-13H,2-6H2,1H3. The van der Waals surface area contributed by atoms with E-state index in [0.29, 0.717) is 6.01 Å². The van der Waals surface area contributed by atoms with Gasteiger partial charge in [-0.25, -0.2) is 4.98 Å². The molecule has 0 radical (unpaired) electrons. The summed E-state index contributed by atoms with van der Waals surface area (Å²) in [6, 6.07) is 11.1. The van der Waals surface area contributed by atoms with Gasteiger partial charge >= 0.3 is 6.01 Å². The monoisotopic (exact) mass is 268 g/mol. The van der Waals surface area contributed by atoms with E-state index in [1.807, 2.05) is 6.07 Å². The fourth-order valence-corrected chi connectivity index (χ4v) is 2.96. The van der Waals surface area contributed by atoms with Crippen LogP contribution in [0.5, 0.6) is 6.01 Å². The molecule has 0 amide bonds. The summed E-state index contributed by atoms with van der Waals surface area (Å²) in [5.74, 6) is 0.748. The molecule has 3 rings (SSSR count). The van der Waals surface area contributed by atoms with Gasteiger partial charge in [-0.3, -0.25) is 0 Å². The van der Waals surface area contributed by atoms with Crippen molar-refractivity contribution in [3.05, 3.63) is 42.1 Å². The summed E-state index contributed by atoms with van der Waals surface area (Å²) in [6.07, 6.45) is 8.54. The van der Waals surface area contributed by atoms with E-state index in [2.05, 4.69) is 34.2 Å². The van der Waals surface area contributed by atoms with Gasteiger partial charge < -0.3 is 4.74 Å². The maximum atomic E-state index is 5.07. The van der Waals surface area contributed by atoms with Crippen molar-refractivity contribution < 1.29 is 4.74 Å². The summed E-state index contributed by atoms with van der Waals surface area (Å²) in [7, 11) is 1.59. The smallest absolute Gasteiger partial charge is 0.316 e. The molecule has 1 heterocycles. The molecule has 1 aliphatic carbocycles. The average Bonchev–Trinajstić information content (AvgIpc) is 2.56. The Morgan fingerprint density at radius 2 is 1.75 bits per heavy atom. The summed E-state index contributed by atoms with van der Waals surface area (Å²) in [4.78, 5) is 8.41. The van der Waals surface area contributed by atoms with E-state index >= 15 is 0 Å². The number of nitrogens with zero attached hydrogens (tertiary/aromatic N) is 2. The molecule has 104 valence electrons. The molecule has 3 nitrogen and oxygen atoms in total. The second-order valence-corrected chi connectivity index (χ2v) is 5.39. The van der Waals surface area contributed by atoms with Crippen LogP contribution < -0.4 is 4.74 Å². The van der Waals surface area contributed by atoms with Gasteiger partial charge in [0.15, 0.2) is 0 Å². The lowest BCUT2D eigenvalue weighted by Gasteiger charge is -2.22. The van der Waals surface area contributed by atoms with Gasteiger partial charge in [0.05, 0.1) is 12.8 Å². The summed E-state index contributed by atoms with van der Waals surface area (Å²) in [5, 5.41) is 0. The number of aromatic nitrogens is 2. The van der Waals surface area contributed by atoms with Crippen molar-refractivity contribution in [2.45, 2.75) is 38.0 Å². The van der Waals surface area contributed by atoms with Gasteiger partial charge in [-0.1, -0.05) is 43.5 Å². The van der Waals surface area contributed by atoms with Crippen LogP contribution in [0.25, 0.3) is 11.3 Å². The molecule has 1 aromatic carbocycles. The van der Waals surface area contributed by atoms with E-state index in [-0.39, 0.29) is 0 Å². The Morgan fingerprint density at radius 1 is 1.00 bits per heavy atom. The molecule has 3 heteroatoms.